The number of terminal acetylenes is 1. The minimum atomic E-state index is -0.696. The first kappa shape index (κ1) is 15.3. The van der Waals surface area contributed by atoms with E-state index in [-0.39, 0.29) is 6.04 Å². The Kier molecular flexibility index (Phi) is 5.02. The van der Waals surface area contributed by atoms with E-state index < -0.39 is 17.7 Å². The van der Waals surface area contributed by atoms with Crippen molar-refractivity contribution in [2.45, 2.75) is 39.3 Å². The van der Waals surface area contributed by atoms with E-state index in [9.17, 15) is 9.59 Å². The Hall–Kier alpha value is -1.70. The van der Waals surface area contributed by atoms with Gasteiger partial charge < -0.3 is 9.64 Å². The molecule has 0 aliphatic rings. The summed E-state index contributed by atoms with van der Waals surface area (Å²) in [6, 6.07) is -0.878. The van der Waals surface area contributed by atoms with Gasteiger partial charge in [-0.2, -0.15) is 0 Å². The number of imide groups is 1. The number of hydrogen-bond donors (Lipinski definition) is 0. The molecule has 0 saturated carbocycles. The van der Waals surface area contributed by atoms with Crippen LogP contribution in [0.15, 0.2) is 0 Å². The lowest BCUT2D eigenvalue weighted by molar-refractivity contribution is 0.0330. The summed E-state index contributed by atoms with van der Waals surface area (Å²) < 4.78 is 5.07. The van der Waals surface area contributed by atoms with Crippen LogP contribution in [0.3, 0.4) is 0 Å². The summed E-state index contributed by atoms with van der Waals surface area (Å²) >= 11 is 0. The molecule has 0 aromatic carbocycles. The first-order chi connectivity index (χ1) is 7.60. The van der Waals surface area contributed by atoms with Crippen molar-refractivity contribution in [1.82, 2.24) is 9.80 Å². The molecule has 0 bridgehead atoms. The van der Waals surface area contributed by atoms with Gasteiger partial charge in [-0.3, -0.25) is 0 Å². The Bertz CT molecular complexity index is 339. The van der Waals surface area contributed by atoms with E-state index in [0.29, 0.717) is 0 Å². The summed E-state index contributed by atoms with van der Waals surface area (Å²) in [5, 5.41) is 0. The largest absolute Gasteiger partial charge is 0.443 e. The summed E-state index contributed by atoms with van der Waals surface area (Å²) in [5.74, 6) is 2.41. The number of hydrogen-bond acceptors (Lipinski definition) is 3. The maximum Gasteiger partial charge on any atom is 0.418 e. The van der Waals surface area contributed by atoms with Crippen LogP contribution in [0.5, 0.6) is 0 Å². The van der Waals surface area contributed by atoms with Crippen molar-refractivity contribution in [3.8, 4) is 12.3 Å². The number of carbonyl (C=O) groups is 2. The van der Waals surface area contributed by atoms with Gasteiger partial charge in [-0.25, -0.2) is 14.5 Å². The van der Waals surface area contributed by atoms with Crippen LogP contribution in [-0.4, -0.2) is 47.7 Å². The van der Waals surface area contributed by atoms with Crippen molar-refractivity contribution >= 4 is 12.1 Å². The third-order valence-corrected chi connectivity index (χ3v) is 2.08. The molecule has 0 saturated heterocycles. The SMILES string of the molecule is C#CC(C)N(C)C(=O)N(C)C(=O)OC(C)(C)C. The second-order valence-corrected chi connectivity index (χ2v) is 4.78. The number of rotatable bonds is 1. The van der Waals surface area contributed by atoms with Gasteiger partial charge in [0.25, 0.3) is 0 Å². The number of amides is 3. The van der Waals surface area contributed by atoms with Gasteiger partial charge >= 0.3 is 12.1 Å². The first-order valence-corrected chi connectivity index (χ1v) is 5.29. The molecule has 0 N–H and O–H groups in total. The summed E-state index contributed by atoms with van der Waals surface area (Å²) in [6.45, 7) is 6.89. The number of ether oxygens (including phenoxy) is 1. The zero-order chi connectivity index (χ0) is 13.8. The van der Waals surface area contributed by atoms with Crippen LogP contribution in [0.4, 0.5) is 9.59 Å². The quantitative estimate of drug-likeness (QED) is 0.658. The van der Waals surface area contributed by atoms with E-state index in [1.54, 1.807) is 27.7 Å². The molecule has 0 fully saturated rings. The van der Waals surface area contributed by atoms with Crippen LogP contribution in [0.25, 0.3) is 0 Å². The number of urea groups is 1. The zero-order valence-corrected chi connectivity index (χ0v) is 11.3. The third-order valence-electron chi connectivity index (χ3n) is 2.08. The maximum atomic E-state index is 11.8. The Morgan fingerprint density at radius 1 is 1.29 bits per heavy atom. The second-order valence-electron chi connectivity index (χ2n) is 4.78. The van der Waals surface area contributed by atoms with E-state index in [4.69, 9.17) is 11.2 Å². The highest BCUT2D eigenvalue weighted by molar-refractivity contribution is 5.90. The van der Waals surface area contributed by atoms with Gasteiger partial charge in [-0.05, 0) is 27.7 Å². The second kappa shape index (κ2) is 5.58. The normalized spacial score (nSPS) is 12.3. The molecule has 5 nitrogen and oxygen atoms in total. The molecule has 1 unspecified atom stereocenters. The van der Waals surface area contributed by atoms with Crippen molar-refractivity contribution < 1.29 is 14.3 Å². The minimum Gasteiger partial charge on any atom is -0.443 e. The Balaban J connectivity index is 4.62. The monoisotopic (exact) mass is 240 g/mol. The summed E-state index contributed by atoms with van der Waals surface area (Å²) in [5.41, 5.74) is -0.637. The molecule has 3 amide bonds. The van der Waals surface area contributed by atoms with Crippen molar-refractivity contribution in [1.29, 1.82) is 0 Å². The third kappa shape index (κ3) is 4.77. The molecule has 0 heterocycles. The van der Waals surface area contributed by atoms with Crippen LogP contribution >= 0.6 is 0 Å². The standard InChI is InChI=1S/C12H20N2O3/c1-8-9(2)13(6)10(15)14(7)11(16)17-12(3,4)5/h1,9H,2-7H3. The molecule has 0 aliphatic carbocycles. The van der Waals surface area contributed by atoms with Gasteiger partial charge in [0.15, 0.2) is 0 Å². The van der Waals surface area contributed by atoms with Crippen LogP contribution < -0.4 is 0 Å². The fraction of sp³-hybridized carbons (Fsp3) is 0.667. The van der Waals surface area contributed by atoms with Gasteiger partial charge in [0.1, 0.15) is 5.60 Å². The molecule has 0 aliphatic heterocycles. The summed E-state index contributed by atoms with van der Waals surface area (Å²) in [7, 11) is 2.89. The lowest BCUT2D eigenvalue weighted by atomic mass is 10.2. The predicted octanol–water partition coefficient (Wildman–Crippen LogP) is 1.93. The van der Waals surface area contributed by atoms with Gasteiger partial charge in [0.05, 0.1) is 6.04 Å². The molecular weight excluding hydrogens is 220 g/mol. The van der Waals surface area contributed by atoms with E-state index in [1.165, 1.54) is 19.0 Å². The molecule has 0 radical (unpaired) electrons. The Morgan fingerprint density at radius 2 is 1.76 bits per heavy atom. The fourth-order valence-corrected chi connectivity index (χ4v) is 0.923. The molecule has 0 spiro atoms. The van der Waals surface area contributed by atoms with Gasteiger partial charge in [-0.1, -0.05) is 5.92 Å². The highest BCUT2D eigenvalue weighted by Crippen LogP contribution is 2.10. The fourth-order valence-electron chi connectivity index (χ4n) is 0.923. The molecule has 0 aromatic rings. The summed E-state index contributed by atoms with van der Waals surface area (Å²) in [4.78, 5) is 25.6. The lowest BCUT2D eigenvalue weighted by Crippen LogP contribution is -2.47. The topological polar surface area (TPSA) is 49.9 Å². The predicted molar refractivity (Wildman–Crippen MR) is 65.5 cm³/mol. The van der Waals surface area contributed by atoms with E-state index >= 15 is 0 Å². The molecule has 0 rings (SSSR count). The van der Waals surface area contributed by atoms with Crippen LogP contribution in [-0.2, 0) is 4.74 Å². The molecular formula is C12H20N2O3. The zero-order valence-electron chi connectivity index (χ0n) is 11.3. The first-order valence-electron chi connectivity index (χ1n) is 5.29. The van der Waals surface area contributed by atoms with Gasteiger partial charge in [-0.15, -0.1) is 6.42 Å². The average molecular weight is 240 g/mol. The highest BCUT2D eigenvalue weighted by atomic mass is 16.6. The lowest BCUT2D eigenvalue weighted by Gasteiger charge is -2.28. The van der Waals surface area contributed by atoms with Crippen molar-refractivity contribution in [3.05, 3.63) is 0 Å². The van der Waals surface area contributed by atoms with E-state index in [1.807, 2.05) is 0 Å². The maximum absolute atomic E-state index is 11.8. The summed E-state index contributed by atoms with van der Waals surface area (Å²) in [6.07, 6.45) is 4.51. The van der Waals surface area contributed by atoms with E-state index in [0.717, 1.165) is 4.90 Å². The molecule has 1 atom stereocenters. The number of carbonyl (C=O) groups excluding carboxylic acids is 2. The Labute approximate surface area is 103 Å². The van der Waals surface area contributed by atoms with Crippen molar-refractivity contribution in [2.24, 2.45) is 0 Å². The van der Waals surface area contributed by atoms with Crippen LogP contribution in [0.1, 0.15) is 27.7 Å². The average Bonchev–Trinajstić information content (AvgIpc) is 2.22. The Morgan fingerprint density at radius 3 is 2.12 bits per heavy atom. The molecule has 96 valence electrons. The number of nitrogens with zero attached hydrogens (tertiary/aromatic N) is 2. The van der Waals surface area contributed by atoms with Crippen molar-refractivity contribution in [3.63, 3.8) is 0 Å². The van der Waals surface area contributed by atoms with Crippen LogP contribution in [0.2, 0.25) is 0 Å². The molecule has 0 aromatic heterocycles. The minimum absolute atomic E-state index is 0.382. The van der Waals surface area contributed by atoms with Gasteiger partial charge in [0, 0.05) is 14.1 Å². The highest BCUT2D eigenvalue weighted by Gasteiger charge is 2.27. The van der Waals surface area contributed by atoms with Crippen LogP contribution in [0, 0.1) is 12.3 Å². The smallest absolute Gasteiger partial charge is 0.418 e. The molecule has 17 heavy (non-hydrogen) atoms. The van der Waals surface area contributed by atoms with Gasteiger partial charge in [0.2, 0.25) is 0 Å². The van der Waals surface area contributed by atoms with E-state index in [2.05, 4.69) is 5.92 Å². The molecule has 5 heteroatoms. The van der Waals surface area contributed by atoms with Crippen molar-refractivity contribution in [2.75, 3.05) is 14.1 Å².